The molecule has 0 unspecified atom stereocenters. The SMILES string of the molecule is O=C(S)c1c2ccccc2nc2ccccc12. The van der Waals surface area contributed by atoms with Crippen molar-refractivity contribution in [3.63, 3.8) is 0 Å². The first-order chi connectivity index (χ1) is 8.27. The van der Waals surface area contributed by atoms with Crippen LogP contribution in [0.15, 0.2) is 48.5 Å². The molecule has 1 heterocycles. The summed E-state index contributed by atoms with van der Waals surface area (Å²) in [6, 6.07) is 15.2. The Labute approximate surface area is 104 Å². The zero-order chi connectivity index (χ0) is 11.8. The molecular formula is C14H9NOS. The van der Waals surface area contributed by atoms with Crippen LogP contribution in [0.4, 0.5) is 0 Å². The fourth-order valence-electron chi connectivity index (χ4n) is 2.07. The quantitative estimate of drug-likeness (QED) is 0.520. The molecule has 0 aliphatic carbocycles. The normalized spacial score (nSPS) is 10.9. The van der Waals surface area contributed by atoms with E-state index in [0.29, 0.717) is 5.56 Å². The molecule has 0 saturated carbocycles. The van der Waals surface area contributed by atoms with Crippen molar-refractivity contribution in [3.05, 3.63) is 54.1 Å². The van der Waals surface area contributed by atoms with Crippen molar-refractivity contribution < 1.29 is 4.79 Å². The molecule has 2 nitrogen and oxygen atoms in total. The topological polar surface area (TPSA) is 30.0 Å². The molecule has 0 fully saturated rings. The van der Waals surface area contributed by atoms with Gasteiger partial charge in [-0.25, -0.2) is 4.98 Å². The number of para-hydroxylation sites is 2. The van der Waals surface area contributed by atoms with E-state index in [1.165, 1.54) is 0 Å². The second-order valence-electron chi connectivity index (χ2n) is 3.83. The third-order valence-corrected chi connectivity index (χ3v) is 3.03. The lowest BCUT2D eigenvalue weighted by molar-refractivity contribution is 0.109. The maximum atomic E-state index is 11.7. The average molecular weight is 239 g/mol. The van der Waals surface area contributed by atoms with Crippen LogP contribution in [0, 0.1) is 0 Å². The molecule has 0 bridgehead atoms. The van der Waals surface area contributed by atoms with E-state index in [0.717, 1.165) is 21.8 Å². The number of rotatable bonds is 1. The van der Waals surface area contributed by atoms with Crippen LogP contribution in [-0.4, -0.2) is 10.1 Å². The first-order valence-corrected chi connectivity index (χ1v) is 5.73. The summed E-state index contributed by atoms with van der Waals surface area (Å²) in [5, 5.41) is 1.48. The standard InChI is InChI=1S/C14H9NOS/c16-14(17)13-9-5-1-3-7-11(9)15-12-8-4-2-6-10(12)13/h1-8H,(H,16,17). The number of carbonyl (C=O) groups is 1. The number of fused-ring (bicyclic) bond motifs is 2. The summed E-state index contributed by atoms with van der Waals surface area (Å²) >= 11 is 3.97. The van der Waals surface area contributed by atoms with Crippen molar-refractivity contribution >= 4 is 39.5 Å². The number of pyridine rings is 1. The monoisotopic (exact) mass is 239 g/mol. The van der Waals surface area contributed by atoms with Crippen molar-refractivity contribution in [1.82, 2.24) is 4.98 Å². The van der Waals surface area contributed by atoms with Gasteiger partial charge in [0.1, 0.15) is 0 Å². The number of aromatic nitrogens is 1. The Morgan fingerprint density at radius 1 is 0.882 bits per heavy atom. The fourth-order valence-corrected chi connectivity index (χ4v) is 2.31. The maximum Gasteiger partial charge on any atom is 0.217 e. The number of benzene rings is 2. The lowest BCUT2D eigenvalue weighted by Crippen LogP contribution is -1.95. The molecule has 0 aliphatic heterocycles. The van der Waals surface area contributed by atoms with E-state index in [-0.39, 0.29) is 5.12 Å². The van der Waals surface area contributed by atoms with E-state index >= 15 is 0 Å². The van der Waals surface area contributed by atoms with Gasteiger partial charge in [-0.15, -0.1) is 12.6 Å². The van der Waals surface area contributed by atoms with Gasteiger partial charge in [0, 0.05) is 16.3 Å². The summed E-state index contributed by atoms with van der Waals surface area (Å²) in [6.07, 6.45) is 0. The summed E-state index contributed by atoms with van der Waals surface area (Å²) < 4.78 is 0. The van der Waals surface area contributed by atoms with Gasteiger partial charge in [-0.05, 0) is 12.1 Å². The summed E-state index contributed by atoms with van der Waals surface area (Å²) in [7, 11) is 0. The van der Waals surface area contributed by atoms with Gasteiger partial charge < -0.3 is 0 Å². The highest BCUT2D eigenvalue weighted by Crippen LogP contribution is 2.26. The molecule has 0 spiro atoms. The maximum absolute atomic E-state index is 11.7. The van der Waals surface area contributed by atoms with Gasteiger partial charge in [0.05, 0.1) is 11.0 Å². The van der Waals surface area contributed by atoms with Gasteiger partial charge in [-0.3, -0.25) is 4.79 Å². The zero-order valence-electron chi connectivity index (χ0n) is 8.92. The number of hydrogen-bond donors (Lipinski definition) is 1. The molecule has 3 aromatic rings. The molecule has 3 rings (SSSR count). The Bertz CT molecular complexity index is 682. The smallest absolute Gasteiger partial charge is 0.217 e. The van der Waals surface area contributed by atoms with Crippen LogP contribution in [0.5, 0.6) is 0 Å². The number of thiol groups is 1. The Balaban J connectivity index is 2.61. The third kappa shape index (κ3) is 1.59. The Kier molecular flexibility index (Phi) is 2.34. The van der Waals surface area contributed by atoms with Crippen LogP contribution in [0.25, 0.3) is 21.8 Å². The van der Waals surface area contributed by atoms with Gasteiger partial charge in [-0.1, -0.05) is 36.4 Å². The van der Waals surface area contributed by atoms with Gasteiger partial charge in [0.2, 0.25) is 5.12 Å². The van der Waals surface area contributed by atoms with Crippen LogP contribution in [0.3, 0.4) is 0 Å². The first kappa shape index (κ1) is 10.3. The van der Waals surface area contributed by atoms with Crippen LogP contribution in [-0.2, 0) is 0 Å². The van der Waals surface area contributed by atoms with Gasteiger partial charge in [0.15, 0.2) is 0 Å². The van der Waals surface area contributed by atoms with Crippen molar-refractivity contribution in [3.8, 4) is 0 Å². The molecular weight excluding hydrogens is 230 g/mol. The minimum atomic E-state index is -0.222. The summed E-state index contributed by atoms with van der Waals surface area (Å²) in [5.41, 5.74) is 2.28. The zero-order valence-corrected chi connectivity index (χ0v) is 9.82. The predicted octanol–water partition coefficient (Wildman–Crippen LogP) is 3.46. The molecule has 17 heavy (non-hydrogen) atoms. The van der Waals surface area contributed by atoms with Crippen molar-refractivity contribution in [2.24, 2.45) is 0 Å². The molecule has 0 radical (unpaired) electrons. The van der Waals surface area contributed by atoms with Crippen LogP contribution in [0.1, 0.15) is 10.4 Å². The molecule has 2 aromatic carbocycles. The molecule has 0 amide bonds. The van der Waals surface area contributed by atoms with E-state index in [1.807, 2.05) is 48.5 Å². The molecule has 82 valence electrons. The minimum Gasteiger partial charge on any atom is -0.282 e. The second kappa shape index (κ2) is 3.86. The van der Waals surface area contributed by atoms with E-state index in [1.54, 1.807) is 0 Å². The fraction of sp³-hybridized carbons (Fsp3) is 0. The predicted molar refractivity (Wildman–Crippen MR) is 72.6 cm³/mol. The van der Waals surface area contributed by atoms with Crippen molar-refractivity contribution in [2.75, 3.05) is 0 Å². The Hall–Kier alpha value is -1.87. The van der Waals surface area contributed by atoms with E-state index in [4.69, 9.17) is 0 Å². The highest BCUT2D eigenvalue weighted by atomic mass is 32.1. The lowest BCUT2D eigenvalue weighted by atomic mass is 10.0. The largest absolute Gasteiger partial charge is 0.282 e. The molecule has 0 aliphatic rings. The number of nitrogens with zero attached hydrogens (tertiary/aromatic N) is 1. The molecule has 0 atom stereocenters. The Morgan fingerprint density at radius 3 is 1.82 bits per heavy atom. The van der Waals surface area contributed by atoms with E-state index in [9.17, 15) is 4.79 Å². The minimum absolute atomic E-state index is 0.222. The molecule has 0 saturated heterocycles. The Morgan fingerprint density at radius 2 is 1.35 bits per heavy atom. The number of carbonyl (C=O) groups excluding carboxylic acids is 1. The van der Waals surface area contributed by atoms with Gasteiger partial charge in [-0.2, -0.15) is 0 Å². The van der Waals surface area contributed by atoms with E-state index in [2.05, 4.69) is 17.6 Å². The first-order valence-electron chi connectivity index (χ1n) is 5.28. The van der Waals surface area contributed by atoms with Gasteiger partial charge >= 0.3 is 0 Å². The number of hydrogen-bond acceptors (Lipinski definition) is 2. The van der Waals surface area contributed by atoms with Gasteiger partial charge in [0.25, 0.3) is 0 Å². The highest BCUT2D eigenvalue weighted by Gasteiger charge is 2.12. The molecule has 1 aromatic heterocycles. The van der Waals surface area contributed by atoms with Crippen LogP contribution in [0.2, 0.25) is 0 Å². The summed E-state index contributed by atoms with van der Waals surface area (Å²) in [6.45, 7) is 0. The molecule has 3 heteroatoms. The van der Waals surface area contributed by atoms with E-state index < -0.39 is 0 Å². The average Bonchev–Trinajstić information content (AvgIpc) is 2.35. The highest BCUT2D eigenvalue weighted by molar-refractivity contribution is 7.97. The van der Waals surface area contributed by atoms with Crippen molar-refractivity contribution in [1.29, 1.82) is 0 Å². The third-order valence-electron chi connectivity index (χ3n) is 2.80. The lowest BCUT2D eigenvalue weighted by Gasteiger charge is -2.07. The van der Waals surface area contributed by atoms with Crippen LogP contribution < -0.4 is 0 Å². The summed E-state index contributed by atoms with van der Waals surface area (Å²) in [5.74, 6) is 0. The molecule has 0 N–H and O–H groups in total. The van der Waals surface area contributed by atoms with Crippen LogP contribution >= 0.6 is 12.6 Å². The van der Waals surface area contributed by atoms with Crippen molar-refractivity contribution in [2.45, 2.75) is 0 Å². The second-order valence-corrected chi connectivity index (χ2v) is 4.23. The summed E-state index contributed by atoms with van der Waals surface area (Å²) in [4.78, 5) is 16.2.